The largest absolute Gasteiger partial charge is 0.508 e. The van der Waals surface area contributed by atoms with E-state index in [-0.39, 0.29) is 17.2 Å². The first-order valence-corrected chi connectivity index (χ1v) is 7.02. The summed E-state index contributed by atoms with van der Waals surface area (Å²) in [4.78, 5) is 0. The van der Waals surface area contributed by atoms with E-state index in [4.69, 9.17) is 0 Å². The van der Waals surface area contributed by atoms with Gasteiger partial charge in [0.2, 0.25) is 0 Å². The van der Waals surface area contributed by atoms with Gasteiger partial charge in [0.1, 0.15) is 17.2 Å². The fourth-order valence-electron chi connectivity index (χ4n) is 2.56. The molecule has 0 aliphatic carbocycles. The Labute approximate surface area is 128 Å². The van der Waals surface area contributed by atoms with Crippen molar-refractivity contribution in [3.05, 3.63) is 77.9 Å². The number of rotatable bonds is 3. The minimum atomic E-state index is 0.135. The third-order valence-corrected chi connectivity index (χ3v) is 3.63. The minimum Gasteiger partial charge on any atom is -0.508 e. The lowest BCUT2D eigenvalue weighted by molar-refractivity contribution is 0.468. The van der Waals surface area contributed by atoms with E-state index in [0.717, 1.165) is 11.1 Å². The van der Waals surface area contributed by atoms with Crippen LogP contribution in [0.3, 0.4) is 0 Å². The van der Waals surface area contributed by atoms with E-state index in [0.29, 0.717) is 17.5 Å². The molecule has 0 saturated heterocycles. The summed E-state index contributed by atoms with van der Waals surface area (Å²) in [5, 5.41) is 29.7. The Kier molecular flexibility index (Phi) is 3.71. The van der Waals surface area contributed by atoms with Crippen LogP contribution in [0.25, 0.3) is 11.1 Å². The third kappa shape index (κ3) is 2.74. The minimum absolute atomic E-state index is 0.135. The molecule has 0 spiro atoms. The van der Waals surface area contributed by atoms with Crippen LogP contribution in [0.2, 0.25) is 0 Å². The molecular formula is C19H16O3. The second-order valence-electron chi connectivity index (χ2n) is 5.17. The zero-order valence-electron chi connectivity index (χ0n) is 11.9. The molecular weight excluding hydrogens is 276 g/mol. The summed E-state index contributed by atoms with van der Waals surface area (Å²) in [6, 6.07) is 19.2. The zero-order valence-corrected chi connectivity index (χ0v) is 11.9. The van der Waals surface area contributed by atoms with Gasteiger partial charge in [0.15, 0.2) is 0 Å². The first-order chi connectivity index (χ1) is 10.6. The molecule has 0 bridgehead atoms. The summed E-state index contributed by atoms with van der Waals surface area (Å²) in [5.41, 5.74) is 3.16. The molecule has 0 amide bonds. The highest BCUT2D eigenvalue weighted by Gasteiger charge is 2.13. The van der Waals surface area contributed by atoms with Crippen molar-refractivity contribution in [2.24, 2.45) is 0 Å². The van der Waals surface area contributed by atoms with Crippen LogP contribution in [0.1, 0.15) is 11.1 Å². The van der Waals surface area contributed by atoms with Crippen molar-refractivity contribution in [3.8, 4) is 28.4 Å². The van der Waals surface area contributed by atoms with E-state index in [2.05, 4.69) is 0 Å². The lowest BCUT2D eigenvalue weighted by Crippen LogP contribution is -1.93. The summed E-state index contributed by atoms with van der Waals surface area (Å²) in [5.74, 6) is 0.495. The van der Waals surface area contributed by atoms with E-state index >= 15 is 0 Å². The normalized spacial score (nSPS) is 10.5. The molecule has 22 heavy (non-hydrogen) atoms. The SMILES string of the molecule is Oc1ccc(Cc2cccc(O)c2-c2ccccc2O)cc1. The van der Waals surface area contributed by atoms with Crippen molar-refractivity contribution in [2.45, 2.75) is 6.42 Å². The Morgan fingerprint density at radius 3 is 2.05 bits per heavy atom. The van der Waals surface area contributed by atoms with Crippen molar-refractivity contribution in [2.75, 3.05) is 0 Å². The van der Waals surface area contributed by atoms with Crippen LogP contribution in [-0.2, 0) is 6.42 Å². The monoisotopic (exact) mass is 292 g/mol. The summed E-state index contributed by atoms with van der Waals surface area (Å²) in [6.45, 7) is 0. The molecule has 0 aliphatic rings. The molecule has 0 radical (unpaired) electrons. The van der Waals surface area contributed by atoms with Crippen LogP contribution in [0.4, 0.5) is 0 Å². The molecule has 3 N–H and O–H groups in total. The van der Waals surface area contributed by atoms with E-state index in [9.17, 15) is 15.3 Å². The van der Waals surface area contributed by atoms with Gasteiger partial charge < -0.3 is 15.3 Å². The van der Waals surface area contributed by atoms with Gasteiger partial charge >= 0.3 is 0 Å². The van der Waals surface area contributed by atoms with E-state index in [1.165, 1.54) is 0 Å². The number of aromatic hydroxyl groups is 3. The van der Waals surface area contributed by atoms with Gasteiger partial charge in [-0.2, -0.15) is 0 Å². The summed E-state index contributed by atoms with van der Waals surface area (Å²) < 4.78 is 0. The average molecular weight is 292 g/mol. The molecule has 3 aromatic carbocycles. The Bertz CT molecular complexity index is 792. The molecule has 110 valence electrons. The fourth-order valence-corrected chi connectivity index (χ4v) is 2.56. The van der Waals surface area contributed by atoms with Crippen LogP contribution < -0.4 is 0 Å². The standard InChI is InChI=1S/C19H16O3/c20-15-10-8-13(9-11-15)12-14-4-3-7-18(22)19(14)16-5-1-2-6-17(16)21/h1-11,20-22H,12H2. The van der Waals surface area contributed by atoms with Crippen LogP contribution >= 0.6 is 0 Å². The summed E-state index contributed by atoms with van der Waals surface area (Å²) >= 11 is 0. The van der Waals surface area contributed by atoms with Crippen LogP contribution in [0.15, 0.2) is 66.7 Å². The zero-order chi connectivity index (χ0) is 15.5. The molecule has 0 atom stereocenters. The van der Waals surface area contributed by atoms with E-state index < -0.39 is 0 Å². The number of phenolic OH excluding ortho intramolecular Hbond substituents is 3. The molecule has 0 aromatic heterocycles. The Balaban J connectivity index is 2.07. The lowest BCUT2D eigenvalue weighted by atomic mass is 9.93. The number of hydrogen-bond acceptors (Lipinski definition) is 3. The van der Waals surface area contributed by atoms with Crippen LogP contribution in [0.5, 0.6) is 17.2 Å². The molecule has 0 heterocycles. The van der Waals surface area contributed by atoms with E-state index in [1.807, 2.05) is 24.3 Å². The number of benzene rings is 3. The summed E-state index contributed by atoms with van der Waals surface area (Å²) in [7, 11) is 0. The molecule has 0 fully saturated rings. The average Bonchev–Trinajstić information content (AvgIpc) is 2.51. The lowest BCUT2D eigenvalue weighted by Gasteiger charge is -2.13. The molecule has 3 aromatic rings. The van der Waals surface area contributed by atoms with Gasteiger partial charge in [-0.15, -0.1) is 0 Å². The molecule has 3 rings (SSSR count). The first kappa shape index (κ1) is 14.0. The maximum absolute atomic E-state index is 10.2. The Hall–Kier alpha value is -2.94. The topological polar surface area (TPSA) is 60.7 Å². The third-order valence-electron chi connectivity index (χ3n) is 3.63. The first-order valence-electron chi connectivity index (χ1n) is 7.02. The van der Waals surface area contributed by atoms with Gasteiger partial charge in [-0.25, -0.2) is 0 Å². The molecule has 0 unspecified atom stereocenters. The quantitative estimate of drug-likeness (QED) is 0.682. The fraction of sp³-hybridized carbons (Fsp3) is 0.0526. The maximum Gasteiger partial charge on any atom is 0.123 e. The molecule has 0 aliphatic heterocycles. The van der Waals surface area contributed by atoms with Crippen molar-refractivity contribution < 1.29 is 15.3 Å². The highest BCUT2D eigenvalue weighted by molar-refractivity contribution is 5.78. The second kappa shape index (κ2) is 5.82. The van der Waals surface area contributed by atoms with Gasteiger partial charge in [-0.05, 0) is 41.8 Å². The Morgan fingerprint density at radius 1 is 0.636 bits per heavy atom. The van der Waals surface area contributed by atoms with Gasteiger partial charge in [-0.1, -0.05) is 42.5 Å². The molecule has 3 nitrogen and oxygen atoms in total. The maximum atomic E-state index is 10.2. The Morgan fingerprint density at radius 2 is 1.32 bits per heavy atom. The van der Waals surface area contributed by atoms with Crippen molar-refractivity contribution in [1.29, 1.82) is 0 Å². The van der Waals surface area contributed by atoms with Crippen LogP contribution in [-0.4, -0.2) is 15.3 Å². The van der Waals surface area contributed by atoms with Crippen molar-refractivity contribution in [3.63, 3.8) is 0 Å². The van der Waals surface area contributed by atoms with Gasteiger partial charge in [0, 0.05) is 11.1 Å². The van der Waals surface area contributed by atoms with E-state index in [1.54, 1.807) is 42.5 Å². The van der Waals surface area contributed by atoms with Gasteiger partial charge in [-0.3, -0.25) is 0 Å². The smallest absolute Gasteiger partial charge is 0.123 e. The van der Waals surface area contributed by atoms with Crippen molar-refractivity contribution >= 4 is 0 Å². The predicted molar refractivity (Wildman–Crippen MR) is 86.1 cm³/mol. The van der Waals surface area contributed by atoms with Crippen LogP contribution in [0, 0.1) is 0 Å². The second-order valence-corrected chi connectivity index (χ2v) is 5.17. The van der Waals surface area contributed by atoms with Gasteiger partial charge in [0.25, 0.3) is 0 Å². The highest BCUT2D eigenvalue weighted by Crippen LogP contribution is 2.38. The molecule has 0 saturated carbocycles. The predicted octanol–water partition coefficient (Wildman–Crippen LogP) is 4.06. The van der Waals surface area contributed by atoms with Gasteiger partial charge in [0.05, 0.1) is 0 Å². The van der Waals surface area contributed by atoms with Crippen molar-refractivity contribution in [1.82, 2.24) is 0 Å². The number of para-hydroxylation sites is 1. The highest BCUT2D eigenvalue weighted by atomic mass is 16.3. The number of phenols is 3. The molecule has 3 heteroatoms. The number of hydrogen-bond donors (Lipinski definition) is 3. The summed E-state index contributed by atoms with van der Waals surface area (Å²) in [6.07, 6.45) is 0.596.